The molecule has 25 heavy (non-hydrogen) atoms. The summed E-state index contributed by atoms with van der Waals surface area (Å²) in [6, 6.07) is 12.5. The van der Waals surface area contributed by atoms with E-state index >= 15 is 0 Å². The molecule has 0 saturated carbocycles. The number of nitriles is 1. The fourth-order valence-electron chi connectivity index (χ4n) is 2.25. The molecule has 1 aliphatic rings. The lowest BCUT2D eigenvalue weighted by Crippen LogP contribution is -2.14. The number of nitrogens with zero attached hydrogens (tertiary/aromatic N) is 2. The van der Waals surface area contributed by atoms with E-state index in [1.807, 2.05) is 0 Å². The highest BCUT2D eigenvalue weighted by Crippen LogP contribution is 2.33. The number of amides is 1. The first-order chi connectivity index (χ1) is 12.1. The van der Waals surface area contributed by atoms with Crippen molar-refractivity contribution in [3.05, 3.63) is 63.7 Å². The lowest BCUT2D eigenvalue weighted by molar-refractivity contribution is -0.383. The first-order valence-electron chi connectivity index (χ1n) is 7.14. The van der Waals surface area contributed by atoms with E-state index in [0.717, 1.165) is 0 Å². The predicted octanol–water partition coefficient (Wildman–Crippen LogP) is 2.87. The van der Waals surface area contributed by atoms with Gasteiger partial charge in [0.05, 0.1) is 4.92 Å². The van der Waals surface area contributed by atoms with E-state index in [4.69, 9.17) is 9.47 Å². The van der Waals surface area contributed by atoms with Crippen LogP contribution in [0.5, 0.6) is 11.5 Å². The van der Waals surface area contributed by atoms with E-state index in [0.29, 0.717) is 17.1 Å². The standard InChI is InChI=1S/C17H11N3O5/c18-9-12(7-11-5-6-15-16(8-11)25-10-24-15)17(21)19-13-3-1-2-4-14(13)20(22)23/h1-8H,10H2,(H,19,21). The SMILES string of the molecule is N#CC(=Cc1ccc2c(c1)OCO2)C(=O)Nc1ccccc1[N+](=O)[O-]. The summed E-state index contributed by atoms with van der Waals surface area (Å²) in [5.41, 5.74) is 0.135. The molecule has 8 heteroatoms. The van der Waals surface area contributed by atoms with Crippen molar-refractivity contribution in [3.63, 3.8) is 0 Å². The van der Waals surface area contributed by atoms with Gasteiger partial charge in [0.15, 0.2) is 11.5 Å². The molecule has 0 fully saturated rings. The lowest BCUT2D eigenvalue weighted by atomic mass is 10.1. The third-order valence-electron chi connectivity index (χ3n) is 3.42. The van der Waals surface area contributed by atoms with Crippen molar-refractivity contribution in [1.29, 1.82) is 5.26 Å². The highest BCUT2D eigenvalue weighted by Gasteiger charge is 2.18. The summed E-state index contributed by atoms with van der Waals surface area (Å²) >= 11 is 0. The van der Waals surface area contributed by atoms with Crippen LogP contribution in [-0.2, 0) is 4.79 Å². The molecular formula is C17H11N3O5. The molecule has 0 radical (unpaired) electrons. The Morgan fingerprint density at radius 2 is 2.00 bits per heavy atom. The Morgan fingerprint density at radius 3 is 2.76 bits per heavy atom. The second-order valence-electron chi connectivity index (χ2n) is 5.01. The van der Waals surface area contributed by atoms with Crippen LogP contribution in [0.4, 0.5) is 11.4 Å². The van der Waals surface area contributed by atoms with Crippen molar-refractivity contribution in [1.82, 2.24) is 0 Å². The molecule has 0 aliphatic carbocycles. The molecule has 0 spiro atoms. The zero-order valence-electron chi connectivity index (χ0n) is 12.8. The van der Waals surface area contributed by atoms with Crippen molar-refractivity contribution >= 4 is 23.4 Å². The second-order valence-corrected chi connectivity index (χ2v) is 5.01. The maximum Gasteiger partial charge on any atom is 0.292 e. The van der Waals surface area contributed by atoms with Crippen LogP contribution in [-0.4, -0.2) is 17.6 Å². The van der Waals surface area contributed by atoms with Gasteiger partial charge in [0.1, 0.15) is 17.3 Å². The molecule has 0 unspecified atom stereocenters. The van der Waals surface area contributed by atoms with Gasteiger partial charge in [0, 0.05) is 6.07 Å². The highest BCUT2D eigenvalue weighted by molar-refractivity contribution is 6.10. The largest absolute Gasteiger partial charge is 0.454 e. The number of benzene rings is 2. The predicted molar refractivity (Wildman–Crippen MR) is 87.9 cm³/mol. The minimum Gasteiger partial charge on any atom is -0.454 e. The number of carbonyl (C=O) groups excluding carboxylic acids is 1. The second kappa shape index (κ2) is 6.72. The van der Waals surface area contributed by atoms with Gasteiger partial charge < -0.3 is 14.8 Å². The van der Waals surface area contributed by atoms with E-state index in [1.54, 1.807) is 30.3 Å². The molecule has 0 atom stereocenters. The third kappa shape index (κ3) is 3.40. The molecule has 0 aromatic heterocycles. The summed E-state index contributed by atoms with van der Waals surface area (Å²) in [6.07, 6.45) is 1.37. The Labute approximate surface area is 142 Å². The van der Waals surface area contributed by atoms with Crippen molar-refractivity contribution < 1.29 is 19.2 Å². The zero-order valence-corrected chi connectivity index (χ0v) is 12.8. The number of fused-ring (bicyclic) bond motifs is 1. The maximum absolute atomic E-state index is 12.3. The van der Waals surface area contributed by atoms with Crippen LogP contribution in [0.25, 0.3) is 6.08 Å². The molecule has 1 amide bonds. The van der Waals surface area contributed by atoms with E-state index < -0.39 is 10.8 Å². The van der Waals surface area contributed by atoms with Crippen LogP contribution in [0.3, 0.4) is 0 Å². The van der Waals surface area contributed by atoms with Crippen molar-refractivity contribution in [3.8, 4) is 17.6 Å². The van der Waals surface area contributed by atoms with Crippen LogP contribution < -0.4 is 14.8 Å². The first-order valence-corrected chi connectivity index (χ1v) is 7.14. The smallest absolute Gasteiger partial charge is 0.292 e. The molecule has 2 aromatic rings. The number of carbonyl (C=O) groups is 1. The zero-order chi connectivity index (χ0) is 17.8. The van der Waals surface area contributed by atoms with Gasteiger partial charge in [0.25, 0.3) is 11.6 Å². The normalized spacial score (nSPS) is 12.4. The van der Waals surface area contributed by atoms with Crippen LogP contribution in [0, 0.1) is 21.4 Å². The Morgan fingerprint density at radius 1 is 1.24 bits per heavy atom. The minimum atomic E-state index is -0.741. The summed E-state index contributed by atoms with van der Waals surface area (Å²) in [5.74, 6) is 0.361. The molecule has 1 heterocycles. The average Bonchev–Trinajstić information content (AvgIpc) is 3.07. The molecular weight excluding hydrogens is 326 g/mol. The fourth-order valence-corrected chi connectivity index (χ4v) is 2.25. The Balaban J connectivity index is 1.85. The number of nitro benzene ring substituents is 1. The van der Waals surface area contributed by atoms with Crippen molar-refractivity contribution in [2.75, 3.05) is 12.1 Å². The van der Waals surface area contributed by atoms with Gasteiger partial charge in [-0.2, -0.15) is 5.26 Å². The molecule has 1 N–H and O–H groups in total. The summed E-state index contributed by atoms with van der Waals surface area (Å²) < 4.78 is 10.4. The number of nitro groups is 1. The Hall–Kier alpha value is -3.86. The van der Waals surface area contributed by atoms with Gasteiger partial charge in [-0.25, -0.2) is 0 Å². The van der Waals surface area contributed by atoms with Gasteiger partial charge in [-0.05, 0) is 29.8 Å². The third-order valence-corrected chi connectivity index (χ3v) is 3.42. The van der Waals surface area contributed by atoms with E-state index in [9.17, 15) is 20.2 Å². The number of hydrogen-bond donors (Lipinski definition) is 1. The van der Waals surface area contributed by atoms with Crippen LogP contribution in [0.15, 0.2) is 48.0 Å². The van der Waals surface area contributed by atoms with Gasteiger partial charge in [0.2, 0.25) is 6.79 Å². The van der Waals surface area contributed by atoms with Gasteiger partial charge in [-0.1, -0.05) is 18.2 Å². The molecule has 3 rings (SSSR count). The van der Waals surface area contributed by atoms with Crippen LogP contribution in [0.1, 0.15) is 5.56 Å². The van der Waals surface area contributed by atoms with Gasteiger partial charge >= 0.3 is 0 Å². The molecule has 0 bridgehead atoms. The number of hydrogen-bond acceptors (Lipinski definition) is 6. The maximum atomic E-state index is 12.3. The molecule has 8 nitrogen and oxygen atoms in total. The van der Waals surface area contributed by atoms with Crippen molar-refractivity contribution in [2.45, 2.75) is 0 Å². The lowest BCUT2D eigenvalue weighted by Gasteiger charge is -2.05. The quantitative estimate of drug-likeness (QED) is 0.397. The number of nitrogens with one attached hydrogen (secondary N) is 1. The number of ether oxygens (including phenoxy) is 2. The van der Waals surface area contributed by atoms with Gasteiger partial charge in [-0.3, -0.25) is 14.9 Å². The molecule has 124 valence electrons. The van der Waals surface area contributed by atoms with Crippen LogP contribution in [0.2, 0.25) is 0 Å². The Kier molecular flexibility index (Phi) is 4.30. The van der Waals surface area contributed by atoms with E-state index in [-0.39, 0.29) is 23.7 Å². The van der Waals surface area contributed by atoms with E-state index in [2.05, 4.69) is 5.32 Å². The summed E-state index contributed by atoms with van der Waals surface area (Å²) in [6.45, 7) is 0.117. The van der Waals surface area contributed by atoms with Crippen molar-refractivity contribution in [2.24, 2.45) is 0 Å². The number of anilines is 1. The topological polar surface area (TPSA) is 114 Å². The molecule has 0 saturated heterocycles. The number of rotatable bonds is 4. The summed E-state index contributed by atoms with van der Waals surface area (Å²) in [7, 11) is 0. The highest BCUT2D eigenvalue weighted by atomic mass is 16.7. The van der Waals surface area contributed by atoms with Crippen LogP contribution >= 0.6 is 0 Å². The average molecular weight is 337 g/mol. The molecule has 1 aliphatic heterocycles. The number of para-hydroxylation sites is 2. The monoisotopic (exact) mass is 337 g/mol. The molecule has 2 aromatic carbocycles. The summed E-state index contributed by atoms with van der Waals surface area (Å²) in [5, 5.41) is 22.6. The fraction of sp³-hybridized carbons (Fsp3) is 0.0588. The van der Waals surface area contributed by atoms with E-state index in [1.165, 1.54) is 24.3 Å². The Bertz CT molecular complexity index is 930. The minimum absolute atomic E-state index is 0.0179. The first kappa shape index (κ1) is 16.0. The van der Waals surface area contributed by atoms with Gasteiger partial charge in [-0.15, -0.1) is 0 Å². The summed E-state index contributed by atoms with van der Waals surface area (Å²) in [4.78, 5) is 22.7.